The van der Waals surface area contributed by atoms with Crippen LogP contribution < -0.4 is 11.2 Å². The highest BCUT2D eigenvalue weighted by atomic mass is 35.5. The lowest BCUT2D eigenvalue weighted by molar-refractivity contribution is -0.144. The third-order valence-electron chi connectivity index (χ3n) is 5.03. The smallest absolute Gasteiger partial charge is 0.292 e. The molecule has 0 radical (unpaired) electrons. The van der Waals surface area contributed by atoms with Gasteiger partial charge in [-0.15, -0.1) is 0 Å². The van der Waals surface area contributed by atoms with Crippen LogP contribution in [0, 0.1) is 5.82 Å². The summed E-state index contributed by atoms with van der Waals surface area (Å²) < 4.78 is 54.6. The van der Waals surface area contributed by atoms with E-state index >= 15 is 0 Å². The Kier molecular flexibility index (Phi) is 6.56. The van der Waals surface area contributed by atoms with Gasteiger partial charge in [-0.05, 0) is 29.8 Å². The number of hydrogen-bond acceptors (Lipinski definition) is 6. The van der Waals surface area contributed by atoms with Crippen molar-refractivity contribution in [2.24, 2.45) is 12.0 Å². The summed E-state index contributed by atoms with van der Waals surface area (Å²) in [7, 11) is 0.813. The molecule has 0 saturated carbocycles. The molecule has 0 atom stereocenters. The molecule has 0 N–H and O–H groups in total. The van der Waals surface area contributed by atoms with Gasteiger partial charge in [0.05, 0.1) is 28.7 Å². The zero-order chi connectivity index (χ0) is 25.5. The number of amides is 1. The largest absolute Gasteiger partial charge is 0.431 e. The van der Waals surface area contributed by atoms with Gasteiger partial charge >= 0.3 is 11.9 Å². The van der Waals surface area contributed by atoms with Crippen molar-refractivity contribution in [3.05, 3.63) is 85.7 Å². The molecular formula is C21H14ClF4N5O3S. The van der Waals surface area contributed by atoms with E-state index in [0.29, 0.717) is 0 Å². The number of halogens is 5. The van der Waals surface area contributed by atoms with Gasteiger partial charge in [0.15, 0.2) is 5.17 Å². The SMILES string of the molecule is Cn1c(C(F)(F)F)cc(=O)n(-c2cc(N=C3SCC(=O)N3Cc3ccncc3)c(Cl)cc2F)c1=O. The summed E-state index contributed by atoms with van der Waals surface area (Å²) in [5, 5.41) is 0.0401. The molecule has 4 rings (SSSR count). The number of carbonyl (C=O) groups is 1. The van der Waals surface area contributed by atoms with E-state index in [2.05, 4.69) is 9.98 Å². The fraction of sp³-hybridized carbons (Fsp3) is 0.190. The molecule has 1 aromatic carbocycles. The number of rotatable bonds is 4. The fourth-order valence-corrected chi connectivity index (χ4v) is 4.40. The predicted molar refractivity (Wildman–Crippen MR) is 122 cm³/mol. The van der Waals surface area contributed by atoms with Gasteiger partial charge in [-0.1, -0.05) is 23.4 Å². The van der Waals surface area contributed by atoms with Crippen LogP contribution in [0.3, 0.4) is 0 Å². The number of pyridine rings is 1. The Morgan fingerprint density at radius 3 is 2.49 bits per heavy atom. The molecule has 1 aliphatic heterocycles. The molecule has 1 saturated heterocycles. The molecule has 1 fully saturated rings. The zero-order valence-corrected chi connectivity index (χ0v) is 19.3. The van der Waals surface area contributed by atoms with E-state index in [1.165, 1.54) is 4.90 Å². The lowest BCUT2D eigenvalue weighted by atomic mass is 10.2. The van der Waals surface area contributed by atoms with Crippen LogP contribution in [-0.2, 0) is 24.6 Å². The van der Waals surface area contributed by atoms with E-state index in [1.807, 2.05) is 0 Å². The van der Waals surface area contributed by atoms with Gasteiger partial charge in [0.1, 0.15) is 11.5 Å². The number of benzene rings is 1. The Bertz CT molecular complexity index is 1470. The Morgan fingerprint density at radius 1 is 1.14 bits per heavy atom. The Labute approximate surface area is 203 Å². The zero-order valence-electron chi connectivity index (χ0n) is 17.7. The van der Waals surface area contributed by atoms with Gasteiger partial charge in [0.2, 0.25) is 5.91 Å². The van der Waals surface area contributed by atoms with Crippen molar-refractivity contribution in [1.82, 2.24) is 19.0 Å². The summed E-state index contributed by atoms with van der Waals surface area (Å²) in [4.78, 5) is 47.0. The third kappa shape index (κ3) is 4.86. The highest BCUT2D eigenvalue weighted by Crippen LogP contribution is 2.33. The molecule has 14 heteroatoms. The maximum absolute atomic E-state index is 14.7. The Morgan fingerprint density at radius 2 is 1.83 bits per heavy atom. The molecule has 1 aliphatic rings. The summed E-state index contributed by atoms with van der Waals surface area (Å²) in [6.07, 6.45) is -1.84. The molecule has 2 aromatic heterocycles. The number of amidine groups is 1. The van der Waals surface area contributed by atoms with Crippen molar-refractivity contribution in [2.45, 2.75) is 12.7 Å². The van der Waals surface area contributed by atoms with E-state index in [4.69, 9.17) is 11.6 Å². The fourth-order valence-electron chi connectivity index (χ4n) is 3.31. The second-order valence-corrected chi connectivity index (χ2v) is 8.67. The highest BCUT2D eigenvalue weighted by Gasteiger charge is 2.35. The van der Waals surface area contributed by atoms with Crippen LogP contribution in [0.5, 0.6) is 0 Å². The Balaban J connectivity index is 1.81. The first-order valence-electron chi connectivity index (χ1n) is 9.78. The number of nitrogens with zero attached hydrogens (tertiary/aromatic N) is 5. The first-order chi connectivity index (χ1) is 16.5. The first-order valence-corrected chi connectivity index (χ1v) is 11.1. The molecule has 182 valence electrons. The van der Waals surface area contributed by atoms with Gasteiger partial charge in [0, 0.05) is 25.5 Å². The van der Waals surface area contributed by atoms with Crippen LogP contribution >= 0.6 is 23.4 Å². The molecule has 35 heavy (non-hydrogen) atoms. The summed E-state index contributed by atoms with van der Waals surface area (Å²) in [6, 6.07) is 5.37. The lowest BCUT2D eigenvalue weighted by Crippen LogP contribution is -2.41. The minimum atomic E-state index is -4.97. The molecule has 3 aromatic rings. The third-order valence-corrected chi connectivity index (χ3v) is 6.29. The van der Waals surface area contributed by atoms with E-state index in [0.717, 1.165) is 36.5 Å². The Hall–Kier alpha value is -3.45. The number of aromatic nitrogens is 3. The number of hydrogen-bond donors (Lipinski definition) is 0. The average Bonchev–Trinajstić information content (AvgIpc) is 3.12. The highest BCUT2D eigenvalue weighted by molar-refractivity contribution is 8.15. The molecule has 0 bridgehead atoms. The quantitative estimate of drug-likeness (QED) is 0.485. The minimum Gasteiger partial charge on any atom is -0.292 e. The summed E-state index contributed by atoms with van der Waals surface area (Å²) >= 11 is 7.22. The normalized spacial score (nSPS) is 15.3. The summed E-state index contributed by atoms with van der Waals surface area (Å²) in [5.41, 5.74) is -4.23. The molecular weight excluding hydrogens is 514 g/mol. The maximum atomic E-state index is 14.7. The van der Waals surface area contributed by atoms with Crippen molar-refractivity contribution in [1.29, 1.82) is 0 Å². The van der Waals surface area contributed by atoms with Gasteiger partial charge in [-0.2, -0.15) is 13.2 Å². The monoisotopic (exact) mass is 527 g/mol. The first kappa shape index (κ1) is 24.7. The van der Waals surface area contributed by atoms with Crippen molar-refractivity contribution >= 4 is 40.1 Å². The topological polar surface area (TPSA) is 89.6 Å². The number of thioether (sulfide) groups is 1. The second kappa shape index (κ2) is 9.30. The van der Waals surface area contributed by atoms with E-state index < -0.39 is 34.6 Å². The predicted octanol–water partition coefficient (Wildman–Crippen LogP) is 3.51. The van der Waals surface area contributed by atoms with E-state index in [9.17, 15) is 31.9 Å². The van der Waals surface area contributed by atoms with Crippen molar-refractivity contribution in [3.63, 3.8) is 0 Å². The van der Waals surface area contributed by atoms with Crippen LogP contribution in [0.4, 0.5) is 23.2 Å². The molecule has 0 unspecified atom stereocenters. The van der Waals surface area contributed by atoms with E-state index in [-0.39, 0.29) is 49.3 Å². The van der Waals surface area contributed by atoms with Gasteiger partial charge in [-0.3, -0.25) is 24.0 Å². The molecule has 1 amide bonds. The van der Waals surface area contributed by atoms with Gasteiger partial charge < -0.3 is 0 Å². The number of carbonyl (C=O) groups excluding carboxylic acids is 1. The van der Waals surface area contributed by atoms with Crippen LogP contribution in [0.2, 0.25) is 5.02 Å². The molecule has 3 heterocycles. The van der Waals surface area contributed by atoms with Crippen molar-refractivity contribution in [3.8, 4) is 5.69 Å². The standard InChI is InChI=1S/C21H14ClF4N5O3S/c1-29-16(21(24,25)26)8-17(32)31(20(29)34)15-7-14(12(22)6-13(15)23)28-19-30(18(33)10-35-19)9-11-2-4-27-5-3-11/h2-8H,9-10H2,1H3. The summed E-state index contributed by atoms with van der Waals surface area (Å²) in [5.74, 6) is -1.27. The maximum Gasteiger partial charge on any atom is 0.431 e. The van der Waals surface area contributed by atoms with Crippen LogP contribution in [0.1, 0.15) is 11.3 Å². The molecule has 0 spiro atoms. The van der Waals surface area contributed by atoms with Crippen LogP contribution in [0.15, 0.2) is 57.3 Å². The number of alkyl halides is 3. The van der Waals surface area contributed by atoms with Crippen LogP contribution in [0.25, 0.3) is 5.69 Å². The minimum absolute atomic E-state index is 0.0890. The van der Waals surface area contributed by atoms with Crippen molar-refractivity contribution < 1.29 is 22.4 Å². The van der Waals surface area contributed by atoms with E-state index in [1.54, 1.807) is 24.5 Å². The molecule has 0 aliphatic carbocycles. The lowest BCUT2D eigenvalue weighted by Gasteiger charge is -2.17. The number of aliphatic imine (C=N–C) groups is 1. The van der Waals surface area contributed by atoms with Crippen molar-refractivity contribution in [2.75, 3.05) is 5.75 Å². The second-order valence-electron chi connectivity index (χ2n) is 7.32. The van der Waals surface area contributed by atoms with Gasteiger partial charge in [0.25, 0.3) is 5.56 Å². The van der Waals surface area contributed by atoms with Gasteiger partial charge in [-0.25, -0.2) is 18.7 Å². The van der Waals surface area contributed by atoms with Crippen LogP contribution in [-0.4, -0.2) is 35.8 Å². The summed E-state index contributed by atoms with van der Waals surface area (Å²) in [6.45, 7) is 0.178. The molecule has 8 nitrogen and oxygen atoms in total. The average molecular weight is 528 g/mol.